The highest BCUT2D eigenvalue weighted by molar-refractivity contribution is 7.99. The molecule has 1 aromatic rings. The summed E-state index contributed by atoms with van der Waals surface area (Å²) in [6.45, 7) is 6.54. The standard InChI is InChI=1S/C11H21N5O2S/c1-8-4-16(5-9(2)18-8)6-10(17)7-19-11-12-13-14-15(11)3/h8-10,17H,4-7H2,1-3H3. The van der Waals surface area contributed by atoms with Gasteiger partial charge in [0, 0.05) is 32.4 Å². The van der Waals surface area contributed by atoms with Crippen LogP contribution in [0.1, 0.15) is 13.8 Å². The number of aliphatic hydroxyl groups is 1. The molecule has 1 aliphatic rings. The molecule has 0 radical (unpaired) electrons. The van der Waals surface area contributed by atoms with Crippen LogP contribution in [0.3, 0.4) is 0 Å². The van der Waals surface area contributed by atoms with E-state index in [-0.39, 0.29) is 18.3 Å². The van der Waals surface area contributed by atoms with Crippen molar-refractivity contribution in [2.45, 2.75) is 37.3 Å². The highest BCUT2D eigenvalue weighted by Crippen LogP contribution is 2.16. The van der Waals surface area contributed by atoms with Gasteiger partial charge in [0.05, 0.1) is 18.3 Å². The molecule has 0 aromatic carbocycles. The van der Waals surface area contributed by atoms with Gasteiger partial charge in [-0.15, -0.1) is 5.10 Å². The third-order valence-electron chi connectivity index (χ3n) is 2.95. The summed E-state index contributed by atoms with van der Waals surface area (Å²) in [6.07, 6.45) is 0.0669. The van der Waals surface area contributed by atoms with Crippen LogP contribution < -0.4 is 0 Å². The molecule has 1 fully saturated rings. The van der Waals surface area contributed by atoms with Crippen molar-refractivity contribution in [3.8, 4) is 0 Å². The van der Waals surface area contributed by atoms with Gasteiger partial charge in [-0.1, -0.05) is 11.8 Å². The molecule has 0 aliphatic carbocycles. The normalized spacial score (nSPS) is 26.5. The summed E-state index contributed by atoms with van der Waals surface area (Å²) >= 11 is 1.47. The van der Waals surface area contributed by atoms with Gasteiger partial charge in [-0.05, 0) is 24.3 Å². The number of tetrazole rings is 1. The van der Waals surface area contributed by atoms with Gasteiger partial charge in [0.1, 0.15) is 0 Å². The predicted octanol–water partition coefficient (Wildman–Crippen LogP) is -0.228. The van der Waals surface area contributed by atoms with E-state index >= 15 is 0 Å². The fourth-order valence-corrected chi connectivity index (χ4v) is 3.06. The number of aromatic nitrogens is 4. The molecule has 108 valence electrons. The average Bonchev–Trinajstić information content (AvgIpc) is 2.71. The van der Waals surface area contributed by atoms with E-state index in [2.05, 4.69) is 34.3 Å². The van der Waals surface area contributed by atoms with E-state index in [0.29, 0.717) is 12.3 Å². The number of thioether (sulfide) groups is 1. The first-order valence-corrected chi connectivity index (χ1v) is 7.44. The second kappa shape index (κ2) is 6.65. The van der Waals surface area contributed by atoms with Crippen LogP contribution >= 0.6 is 11.8 Å². The Morgan fingerprint density at radius 3 is 2.68 bits per heavy atom. The number of aliphatic hydroxyl groups excluding tert-OH is 1. The summed E-state index contributed by atoms with van der Waals surface area (Å²) in [6, 6.07) is 0. The van der Waals surface area contributed by atoms with Crippen LogP contribution in [0, 0.1) is 0 Å². The van der Waals surface area contributed by atoms with E-state index in [9.17, 15) is 5.11 Å². The molecule has 1 N–H and O–H groups in total. The minimum atomic E-state index is -0.390. The molecular formula is C11H21N5O2S. The van der Waals surface area contributed by atoms with Crippen molar-refractivity contribution < 1.29 is 9.84 Å². The van der Waals surface area contributed by atoms with E-state index < -0.39 is 0 Å². The number of hydrogen-bond donors (Lipinski definition) is 1. The largest absolute Gasteiger partial charge is 0.391 e. The molecule has 19 heavy (non-hydrogen) atoms. The maximum Gasteiger partial charge on any atom is 0.209 e. The molecule has 2 heterocycles. The van der Waals surface area contributed by atoms with Crippen molar-refractivity contribution in [2.75, 3.05) is 25.4 Å². The fourth-order valence-electron chi connectivity index (χ4n) is 2.30. The maximum atomic E-state index is 10.1. The second-order valence-electron chi connectivity index (χ2n) is 5.03. The van der Waals surface area contributed by atoms with Gasteiger partial charge in [-0.2, -0.15) is 0 Å². The Hall–Kier alpha value is -0.700. The van der Waals surface area contributed by atoms with Gasteiger partial charge in [-0.3, -0.25) is 4.90 Å². The van der Waals surface area contributed by atoms with Crippen molar-refractivity contribution in [2.24, 2.45) is 7.05 Å². The zero-order valence-corrected chi connectivity index (χ0v) is 12.4. The predicted molar refractivity (Wildman–Crippen MR) is 72.0 cm³/mol. The number of hydrogen-bond acceptors (Lipinski definition) is 7. The first kappa shape index (κ1) is 14.7. The minimum Gasteiger partial charge on any atom is -0.391 e. The third kappa shape index (κ3) is 4.41. The lowest BCUT2D eigenvalue weighted by molar-refractivity contribution is -0.0750. The van der Waals surface area contributed by atoms with E-state index in [1.165, 1.54) is 11.8 Å². The number of β-amino-alcohol motifs (C(OH)–C–C–N with tert-alkyl or cyclic N) is 1. The lowest BCUT2D eigenvalue weighted by Gasteiger charge is -2.36. The quantitative estimate of drug-likeness (QED) is 0.750. The zero-order chi connectivity index (χ0) is 13.8. The minimum absolute atomic E-state index is 0.228. The first-order valence-electron chi connectivity index (χ1n) is 6.45. The van der Waals surface area contributed by atoms with Crippen LogP contribution in [-0.2, 0) is 11.8 Å². The van der Waals surface area contributed by atoms with E-state index in [4.69, 9.17) is 4.74 Å². The van der Waals surface area contributed by atoms with Gasteiger partial charge in [0.2, 0.25) is 5.16 Å². The van der Waals surface area contributed by atoms with Gasteiger partial charge >= 0.3 is 0 Å². The maximum absolute atomic E-state index is 10.1. The summed E-state index contributed by atoms with van der Waals surface area (Å²) in [4.78, 5) is 2.25. The average molecular weight is 287 g/mol. The molecule has 0 amide bonds. The summed E-state index contributed by atoms with van der Waals surface area (Å²) in [5, 5.41) is 22.0. The molecule has 7 nitrogen and oxygen atoms in total. The molecule has 8 heteroatoms. The van der Waals surface area contributed by atoms with Crippen molar-refractivity contribution in [1.82, 2.24) is 25.1 Å². The van der Waals surface area contributed by atoms with Crippen LogP contribution in [0.2, 0.25) is 0 Å². The SMILES string of the molecule is CC1CN(CC(O)CSc2nnnn2C)CC(C)O1. The summed E-state index contributed by atoms with van der Waals surface area (Å²) in [5.41, 5.74) is 0. The Morgan fingerprint density at radius 2 is 2.11 bits per heavy atom. The van der Waals surface area contributed by atoms with Crippen molar-refractivity contribution in [1.29, 1.82) is 0 Å². The lowest BCUT2D eigenvalue weighted by atomic mass is 10.2. The summed E-state index contributed by atoms with van der Waals surface area (Å²) < 4.78 is 7.28. The number of morpholine rings is 1. The topological polar surface area (TPSA) is 76.3 Å². The molecule has 1 saturated heterocycles. The highest BCUT2D eigenvalue weighted by Gasteiger charge is 2.23. The summed E-state index contributed by atoms with van der Waals surface area (Å²) in [5.74, 6) is 0.592. The van der Waals surface area contributed by atoms with Crippen molar-refractivity contribution >= 4 is 11.8 Å². The first-order chi connectivity index (χ1) is 9.04. The second-order valence-corrected chi connectivity index (χ2v) is 6.01. The molecule has 0 saturated carbocycles. The molecular weight excluding hydrogens is 266 g/mol. The van der Waals surface area contributed by atoms with Gasteiger partial charge in [0.15, 0.2) is 0 Å². The van der Waals surface area contributed by atoms with Gasteiger partial charge in [0.25, 0.3) is 0 Å². The van der Waals surface area contributed by atoms with Crippen LogP contribution in [0.5, 0.6) is 0 Å². The third-order valence-corrected chi connectivity index (χ3v) is 4.11. The molecule has 0 spiro atoms. The molecule has 3 atom stereocenters. The highest BCUT2D eigenvalue weighted by atomic mass is 32.2. The fraction of sp³-hybridized carbons (Fsp3) is 0.909. The number of nitrogens with zero attached hydrogens (tertiary/aromatic N) is 5. The molecule has 1 aliphatic heterocycles. The van der Waals surface area contributed by atoms with Crippen LogP contribution in [0.15, 0.2) is 5.16 Å². The molecule has 1 aromatic heterocycles. The van der Waals surface area contributed by atoms with Gasteiger partial charge < -0.3 is 9.84 Å². The Labute approximate surface area is 117 Å². The van der Waals surface area contributed by atoms with E-state index in [1.807, 2.05) is 0 Å². The monoisotopic (exact) mass is 287 g/mol. The zero-order valence-electron chi connectivity index (χ0n) is 11.6. The molecule has 2 rings (SSSR count). The molecule has 3 unspecified atom stereocenters. The van der Waals surface area contributed by atoms with Crippen molar-refractivity contribution in [3.05, 3.63) is 0 Å². The number of rotatable bonds is 5. The molecule has 0 bridgehead atoms. The summed E-state index contributed by atoms with van der Waals surface area (Å²) in [7, 11) is 1.79. The number of aryl methyl sites for hydroxylation is 1. The van der Waals surface area contributed by atoms with E-state index in [1.54, 1.807) is 11.7 Å². The van der Waals surface area contributed by atoms with Crippen LogP contribution in [0.4, 0.5) is 0 Å². The Morgan fingerprint density at radius 1 is 1.42 bits per heavy atom. The van der Waals surface area contributed by atoms with Crippen molar-refractivity contribution in [3.63, 3.8) is 0 Å². The van der Waals surface area contributed by atoms with E-state index in [0.717, 1.165) is 18.2 Å². The Kier molecular flexibility index (Phi) is 5.14. The van der Waals surface area contributed by atoms with Crippen LogP contribution in [-0.4, -0.2) is 73.9 Å². The van der Waals surface area contributed by atoms with Gasteiger partial charge in [-0.25, -0.2) is 4.68 Å². The number of ether oxygens (including phenoxy) is 1. The Bertz CT molecular complexity index is 392. The smallest absolute Gasteiger partial charge is 0.209 e. The lowest BCUT2D eigenvalue weighted by Crippen LogP contribution is -2.48. The van der Waals surface area contributed by atoms with Crippen LogP contribution in [0.25, 0.3) is 0 Å². The Balaban J connectivity index is 1.75.